The van der Waals surface area contributed by atoms with Gasteiger partial charge < -0.3 is 8.83 Å². The molecular weight excluding hydrogens is 771 g/mol. The highest BCUT2D eigenvalue weighted by Crippen LogP contribution is 2.72. The van der Waals surface area contributed by atoms with Crippen LogP contribution in [0.5, 0.6) is 0 Å². The van der Waals surface area contributed by atoms with Crippen molar-refractivity contribution in [1.29, 1.82) is 0 Å². The van der Waals surface area contributed by atoms with Crippen molar-refractivity contribution in [2.24, 2.45) is 23.7 Å². The van der Waals surface area contributed by atoms with E-state index in [1.54, 1.807) is 11.1 Å². The zero-order chi connectivity index (χ0) is 41.3. The van der Waals surface area contributed by atoms with E-state index in [0.717, 1.165) is 72.4 Å². The molecule has 6 aliphatic carbocycles. The molecule has 5 nitrogen and oxygen atoms in total. The fraction of sp³-hybridized carbons (Fsp3) is 0.224. The first-order chi connectivity index (χ1) is 30.9. The fourth-order valence-corrected chi connectivity index (χ4v) is 14.3. The number of furan rings is 2. The van der Waals surface area contributed by atoms with Gasteiger partial charge in [0.2, 0.25) is 0 Å². The van der Waals surface area contributed by atoms with Gasteiger partial charge in [-0.25, -0.2) is 15.0 Å². The van der Waals surface area contributed by atoms with Crippen LogP contribution in [-0.4, -0.2) is 15.0 Å². The normalized spacial score (nSPS) is 23.3. The molecule has 3 heterocycles. The summed E-state index contributed by atoms with van der Waals surface area (Å²) < 4.78 is 12.5. The molecule has 5 heteroatoms. The van der Waals surface area contributed by atoms with Gasteiger partial charge in [0.05, 0.1) is 0 Å². The molecule has 63 heavy (non-hydrogen) atoms. The third-order valence-corrected chi connectivity index (χ3v) is 16.5. The molecule has 1 spiro atoms. The van der Waals surface area contributed by atoms with Crippen LogP contribution >= 0.6 is 0 Å². The summed E-state index contributed by atoms with van der Waals surface area (Å²) in [6.45, 7) is 4.86. The summed E-state index contributed by atoms with van der Waals surface area (Å²) >= 11 is 0. The molecule has 302 valence electrons. The fourth-order valence-electron chi connectivity index (χ4n) is 14.3. The highest BCUT2D eigenvalue weighted by atomic mass is 16.3. The van der Waals surface area contributed by atoms with Gasteiger partial charge in [-0.05, 0) is 149 Å². The molecule has 0 unspecified atom stereocenters. The van der Waals surface area contributed by atoms with E-state index in [2.05, 4.69) is 129 Å². The molecule has 10 aromatic rings. The molecule has 4 saturated carbocycles. The minimum Gasteiger partial charge on any atom is -0.456 e. The molecule has 0 aliphatic heterocycles. The molecule has 4 fully saturated rings. The number of nitrogens with zero attached hydrogens (tertiary/aromatic N) is 3. The van der Waals surface area contributed by atoms with E-state index in [1.807, 2.05) is 24.3 Å². The second kappa shape index (κ2) is 12.0. The Kier molecular flexibility index (Phi) is 6.60. The van der Waals surface area contributed by atoms with E-state index < -0.39 is 0 Å². The first-order valence-corrected chi connectivity index (χ1v) is 22.9. The van der Waals surface area contributed by atoms with Crippen molar-refractivity contribution in [1.82, 2.24) is 15.0 Å². The second-order valence-corrected chi connectivity index (χ2v) is 19.9. The zero-order valence-electron chi connectivity index (χ0n) is 35.3. The maximum Gasteiger partial charge on any atom is 0.164 e. The summed E-state index contributed by atoms with van der Waals surface area (Å²) in [4.78, 5) is 16.2. The Bertz CT molecular complexity index is 3480. The summed E-state index contributed by atoms with van der Waals surface area (Å²) in [7, 11) is 0. The number of fused-ring (bicyclic) bond motifs is 13. The Labute approximate surface area is 364 Å². The average Bonchev–Trinajstić information content (AvgIpc) is 4.03. The van der Waals surface area contributed by atoms with E-state index in [1.165, 1.54) is 65.5 Å². The Morgan fingerprint density at radius 2 is 0.968 bits per heavy atom. The lowest BCUT2D eigenvalue weighted by Crippen LogP contribution is -2.55. The van der Waals surface area contributed by atoms with Crippen molar-refractivity contribution in [3.8, 4) is 56.4 Å². The number of para-hydroxylation sites is 2. The Balaban J connectivity index is 0.970. The molecule has 0 radical (unpaired) electrons. The van der Waals surface area contributed by atoms with E-state index in [-0.39, 0.29) is 10.8 Å². The lowest BCUT2D eigenvalue weighted by molar-refractivity contribution is -0.0397. The molecule has 3 aromatic heterocycles. The topological polar surface area (TPSA) is 65.0 Å². The van der Waals surface area contributed by atoms with Gasteiger partial charge in [0, 0.05) is 49.1 Å². The predicted octanol–water partition coefficient (Wildman–Crippen LogP) is 14.7. The van der Waals surface area contributed by atoms with E-state index in [9.17, 15) is 0 Å². The van der Waals surface area contributed by atoms with Crippen molar-refractivity contribution in [3.63, 3.8) is 0 Å². The summed E-state index contributed by atoms with van der Waals surface area (Å²) in [5.74, 6) is 5.08. The highest BCUT2D eigenvalue weighted by molar-refractivity contribution is 6.07. The maximum atomic E-state index is 6.26. The van der Waals surface area contributed by atoms with Crippen LogP contribution in [0.4, 0.5) is 0 Å². The van der Waals surface area contributed by atoms with Crippen molar-refractivity contribution in [3.05, 3.63) is 162 Å². The van der Waals surface area contributed by atoms with E-state index >= 15 is 0 Å². The van der Waals surface area contributed by atoms with Gasteiger partial charge in [-0.2, -0.15) is 0 Å². The number of aromatic nitrogens is 3. The maximum absolute atomic E-state index is 6.26. The smallest absolute Gasteiger partial charge is 0.164 e. The molecule has 0 amide bonds. The molecule has 0 saturated heterocycles. The van der Waals surface area contributed by atoms with Gasteiger partial charge in [-0.1, -0.05) is 105 Å². The quantitative estimate of drug-likeness (QED) is 0.178. The molecule has 7 aromatic carbocycles. The van der Waals surface area contributed by atoms with Gasteiger partial charge >= 0.3 is 0 Å². The second-order valence-electron chi connectivity index (χ2n) is 19.9. The van der Waals surface area contributed by atoms with Crippen LogP contribution in [0, 0.1) is 23.7 Å². The van der Waals surface area contributed by atoms with Crippen molar-refractivity contribution >= 4 is 43.9 Å². The van der Waals surface area contributed by atoms with Gasteiger partial charge in [-0.15, -0.1) is 0 Å². The summed E-state index contributed by atoms with van der Waals surface area (Å²) in [6.07, 6.45) is 6.88. The number of rotatable bonds is 3. The molecule has 0 N–H and O–H groups in total. The first-order valence-electron chi connectivity index (χ1n) is 22.9. The van der Waals surface area contributed by atoms with Crippen LogP contribution in [0.25, 0.3) is 100 Å². The van der Waals surface area contributed by atoms with E-state index in [0.29, 0.717) is 29.3 Å². The minimum absolute atomic E-state index is 0.0533. The lowest BCUT2D eigenvalue weighted by atomic mass is 9.42. The molecule has 16 rings (SSSR count). The predicted molar refractivity (Wildman–Crippen MR) is 252 cm³/mol. The van der Waals surface area contributed by atoms with Gasteiger partial charge in [-0.3, -0.25) is 0 Å². The Morgan fingerprint density at radius 1 is 0.429 bits per heavy atom. The Morgan fingerprint density at radius 3 is 1.62 bits per heavy atom. The van der Waals surface area contributed by atoms with Gasteiger partial charge in [0.15, 0.2) is 17.5 Å². The molecular formula is C58H43N3O2. The van der Waals surface area contributed by atoms with Crippen LogP contribution in [0.2, 0.25) is 0 Å². The monoisotopic (exact) mass is 813 g/mol. The standard InChI is InChI=1S/C58H43N3O2/c1-57(2)46-21-20-40-37-10-3-6-15-45(37)58(35-25-31-24-32(27-35)28-36(58)26-31)53(40)51(46)41-13-9-14-42(52(41)57)56-60-54(33-18-22-49-43(29-33)38-11-4-7-16-47(38)62-49)59-55(61-56)34-19-23-50-44(30-34)39-12-5-8-17-48(39)63-50/h3-23,29-32,35-36H,24-28H2,1-2H3. The number of benzene rings is 7. The van der Waals surface area contributed by atoms with Crippen molar-refractivity contribution < 1.29 is 8.83 Å². The molecule has 6 aliphatic rings. The van der Waals surface area contributed by atoms with Gasteiger partial charge in [0.1, 0.15) is 22.3 Å². The molecule has 0 atom stereocenters. The van der Waals surface area contributed by atoms with Crippen LogP contribution in [0.15, 0.2) is 148 Å². The van der Waals surface area contributed by atoms with Gasteiger partial charge in [0.25, 0.3) is 0 Å². The SMILES string of the molecule is CC1(C)c2ccc3c(c2-c2cccc(-c4nc(-c5ccc6oc7ccccc7c6c5)nc(-c5ccc6oc7ccccc7c6c5)n4)c21)C1(c2ccccc2-3)C2CC3CC(C2)CC1C3. The van der Waals surface area contributed by atoms with Crippen LogP contribution < -0.4 is 0 Å². The minimum atomic E-state index is -0.297. The summed E-state index contributed by atoms with van der Waals surface area (Å²) in [6, 6.07) is 50.4. The van der Waals surface area contributed by atoms with Crippen molar-refractivity contribution in [2.75, 3.05) is 0 Å². The van der Waals surface area contributed by atoms with Crippen LogP contribution in [-0.2, 0) is 10.8 Å². The van der Waals surface area contributed by atoms with Crippen LogP contribution in [0.3, 0.4) is 0 Å². The van der Waals surface area contributed by atoms with Crippen molar-refractivity contribution in [2.45, 2.75) is 56.8 Å². The van der Waals surface area contributed by atoms with Crippen LogP contribution in [0.1, 0.15) is 68.2 Å². The third kappa shape index (κ3) is 4.45. The number of hydrogen-bond acceptors (Lipinski definition) is 5. The van der Waals surface area contributed by atoms with E-state index in [4.69, 9.17) is 23.8 Å². The first kappa shape index (κ1) is 34.7. The summed E-state index contributed by atoms with van der Waals surface area (Å²) in [5.41, 5.74) is 17.8. The number of hydrogen-bond donors (Lipinski definition) is 0. The largest absolute Gasteiger partial charge is 0.456 e. The summed E-state index contributed by atoms with van der Waals surface area (Å²) in [5, 5.41) is 4.24. The lowest BCUT2D eigenvalue weighted by Gasteiger charge is -2.61. The zero-order valence-corrected chi connectivity index (χ0v) is 35.3. The third-order valence-electron chi connectivity index (χ3n) is 16.5. The average molecular weight is 814 g/mol. The molecule has 4 bridgehead atoms. The Hall–Kier alpha value is -6.85. The highest BCUT2D eigenvalue weighted by Gasteiger charge is 2.63.